The Hall–Kier alpha value is -4.79. The molecule has 6 amide bonds. The first-order valence-electron chi connectivity index (χ1n) is 21.4. The number of rotatable bonds is 17. The summed E-state index contributed by atoms with van der Waals surface area (Å²) in [5.41, 5.74) is 0.886. The van der Waals surface area contributed by atoms with Crippen LogP contribution >= 0.6 is 0 Å². The number of hydrogen-bond donors (Lipinski definition) is 1. The van der Waals surface area contributed by atoms with E-state index in [9.17, 15) is 33.6 Å². The van der Waals surface area contributed by atoms with E-state index in [-0.39, 0.29) is 36.1 Å². The van der Waals surface area contributed by atoms with Crippen molar-refractivity contribution in [2.24, 2.45) is 23.7 Å². The normalized spacial score (nSPS) is 21.4. The molecule has 1 aromatic carbocycles. The first kappa shape index (κ1) is 47.9. The molecule has 2 fully saturated rings. The van der Waals surface area contributed by atoms with E-state index in [4.69, 9.17) is 9.47 Å². The lowest BCUT2D eigenvalue weighted by atomic mass is 9.96. The Balaban J connectivity index is 1.50. The van der Waals surface area contributed by atoms with Gasteiger partial charge in [0, 0.05) is 32.6 Å². The molecule has 3 heterocycles. The van der Waals surface area contributed by atoms with Crippen LogP contribution in [-0.2, 0) is 49.5 Å². The van der Waals surface area contributed by atoms with Crippen LogP contribution in [0.3, 0.4) is 0 Å². The molecule has 15 nitrogen and oxygen atoms in total. The Bertz CT molecular complexity index is 1750. The second-order valence-electron chi connectivity index (χ2n) is 18.0. The minimum absolute atomic E-state index is 0.00726. The minimum Gasteiger partial charge on any atom is -0.499 e. The Morgan fingerprint density at radius 2 is 1.35 bits per heavy atom. The van der Waals surface area contributed by atoms with Gasteiger partial charge in [-0.3, -0.25) is 38.6 Å². The third-order valence-corrected chi connectivity index (χ3v) is 11.9. The van der Waals surface area contributed by atoms with Gasteiger partial charge in [0.15, 0.2) is 6.10 Å². The lowest BCUT2D eigenvalue weighted by Gasteiger charge is -2.39. The maximum absolute atomic E-state index is 14.5. The molecular formula is C45H68N6O9. The van der Waals surface area contributed by atoms with Crippen molar-refractivity contribution in [3.05, 3.63) is 47.7 Å². The lowest BCUT2D eigenvalue weighted by molar-refractivity contribution is -0.170. The number of nitrogens with one attached hydrogen (secondary N) is 1. The molecule has 3 aliphatic rings. The molecule has 0 aliphatic carbocycles. The summed E-state index contributed by atoms with van der Waals surface area (Å²) in [4.78, 5) is 105. The predicted octanol–water partition coefficient (Wildman–Crippen LogP) is 3.26. The van der Waals surface area contributed by atoms with Gasteiger partial charge in [-0.25, -0.2) is 4.79 Å². The number of likely N-dealkylation sites (N-methyl/N-ethyl adjacent to an activating group) is 2. The maximum Gasteiger partial charge on any atom is 0.329 e. The molecule has 0 saturated carbocycles. The Kier molecular flexibility index (Phi) is 16.5. The number of nitrogens with zero attached hydrogens (tertiary/aromatic N) is 5. The summed E-state index contributed by atoms with van der Waals surface area (Å²) < 4.78 is 11.4. The molecule has 0 aromatic heterocycles. The third kappa shape index (κ3) is 10.6. The fraction of sp³-hybridized carbons (Fsp3) is 0.667. The van der Waals surface area contributed by atoms with Crippen LogP contribution < -0.4 is 5.32 Å². The Morgan fingerprint density at radius 3 is 1.88 bits per heavy atom. The summed E-state index contributed by atoms with van der Waals surface area (Å²) in [7, 11) is 6.64. The van der Waals surface area contributed by atoms with Gasteiger partial charge in [-0.2, -0.15) is 0 Å². The van der Waals surface area contributed by atoms with E-state index >= 15 is 0 Å². The summed E-state index contributed by atoms with van der Waals surface area (Å²) in [6.45, 7) is 15.3. The molecule has 4 rings (SSSR count). The number of likely N-dealkylation sites (tertiary alicyclic amines) is 2. The van der Waals surface area contributed by atoms with Crippen LogP contribution in [0.1, 0.15) is 86.6 Å². The van der Waals surface area contributed by atoms with Crippen LogP contribution in [0.4, 0.5) is 0 Å². The number of carbonyl (C=O) groups is 7. The quantitative estimate of drug-likeness (QED) is 0.230. The van der Waals surface area contributed by atoms with Gasteiger partial charge in [-0.15, -0.1) is 0 Å². The Labute approximate surface area is 356 Å². The van der Waals surface area contributed by atoms with Gasteiger partial charge in [0.05, 0.1) is 13.2 Å². The Morgan fingerprint density at radius 1 is 0.767 bits per heavy atom. The van der Waals surface area contributed by atoms with Gasteiger partial charge >= 0.3 is 5.97 Å². The monoisotopic (exact) mass is 837 g/mol. The zero-order valence-corrected chi connectivity index (χ0v) is 37.7. The van der Waals surface area contributed by atoms with Gasteiger partial charge in [0.25, 0.3) is 11.8 Å². The number of benzene rings is 1. The van der Waals surface area contributed by atoms with Crippen molar-refractivity contribution >= 4 is 41.4 Å². The van der Waals surface area contributed by atoms with Crippen molar-refractivity contribution in [1.82, 2.24) is 29.8 Å². The summed E-state index contributed by atoms with van der Waals surface area (Å²) >= 11 is 0. The minimum atomic E-state index is -1.31. The lowest BCUT2D eigenvalue weighted by Crippen LogP contribution is -2.61. The molecule has 15 heteroatoms. The average Bonchev–Trinajstić information content (AvgIpc) is 3.94. The fourth-order valence-electron chi connectivity index (χ4n) is 8.93. The summed E-state index contributed by atoms with van der Waals surface area (Å²) in [5.74, 6) is -4.24. The fourth-order valence-corrected chi connectivity index (χ4v) is 8.93. The smallest absolute Gasteiger partial charge is 0.329 e. The highest BCUT2D eigenvalue weighted by atomic mass is 16.6. The SMILES string of the molecule is COC1=CC(=O)N(C(=O)C(OC(=O)C2CCCN2C(=O)C2CCCN2C(=O)[C@H](C(C)C)N(C)C(=O)[C@@H](NC(=O)[C@H](C(C)C)N(C)C)C(C)C)C(C)C)[C@H]1Cc1ccccc1. The number of carbonyl (C=O) groups excluding carboxylic acids is 7. The molecule has 1 N–H and O–H groups in total. The number of hydrogen-bond acceptors (Lipinski definition) is 10. The number of methoxy groups -OCH3 is 1. The molecule has 0 bridgehead atoms. The highest BCUT2D eigenvalue weighted by Crippen LogP contribution is 2.30. The first-order valence-corrected chi connectivity index (χ1v) is 21.4. The number of esters is 1. The molecule has 60 heavy (non-hydrogen) atoms. The summed E-state index contributed by atoms with van der Waals surface area (Å²) in [6, 6.07) is 4.52. The van der Waals surface area contributed by atoms with Crippen molar-refractivity contribution in [2.45, 2.75) is 130 Å². The van der Waals surface area contributed by atoms with Gasteiger partial charge in [0.1, 0.15) is 36.0 Å². The second kappa shape index (κ2) is 20.7. The molecule has 3 aliphatic heterocycles. The first-order chi connectivity index (χ1) is 28.2. The molecule has 3 unspecified atom stereocenters. The van der Waals surface area contributed by atoms with Gasteiger partial charge in [-0.1, -0.05) is 85.7 Å². The van der Waals surface area contributed by atoms with E-state index < -0.39 is 77.9 Å². The zero-order valence-electron chi connectivity index (χ0n) is 37.7. The highest BCUT2D eigenvalue weighted by Gasteiger charge is 2.48. The van der Waals surface area contributed by atoms with Crippen molar-refractivity contribution in [3.63, 3.8) is 0 Å². The largest absolute Gasteiger partial charge is 0.499 e. The number of imide groups is 1. The molecule has 0 radical (unpaired) electrons. The van der Waals surface area contributed by atoms with Crippen LogP contribution in [0, 0.1) is 23.7 Å². The summed E-state index contributed by atoms with van der Waals surface area (Å²) in [6.07, 6.45) is 2.02. The highest BCUT2D eigenvalue weighted by molar-refractivity contribution is 6.06. The van der Waals surface area contributed by atoms with E-state index in [0.717, 1.165) is 10.5 Å². The van der Waals surface area contributed by atoms with Crippen LogP contribution in [-0.4, -0.2) is 150 Å². The van der Waals surface area contributed by atoms with Crippen LogP contribution in [0.25, 0.3) is 0 Å². The molecular weight excluding hydrogens is 769 g/mol. The van der Waals surface area contributed by atoms with E-state index in [1.807, 2.05) is 90.9 Å². The molecule has 332 valence electrons. The van der Waals surface area contributed by atoms with Gasteiger partial charge in [-0.05, 0) is 69.0 Å². The van der Waals surface area contributed by atoms with Crippen molar-refractivity contribution < 1.29 is 43.0 Å². The van der Waals surface area contributed by atoms with Gasteiger partial charge in [0.2, 0.25) is 23.6 Å². The topological polar surface area (TPSA) is 166 Å². The van der Waals surface area contributed by atoms with Crippen LogP contribution in [0.5, 0.6) is 0 Å². The van der Waals surface area contributed by atoms with Crippen LogP contribution in [0.15, 0.2) is 42.2 Å². The molecule has 7 atom stereocenters. The standard InChI is InChI=1S/C45H68N6O9/c1-26(2)36(46-40(53)37(27(3)4)47(9)10)42(55)48(11)38(28(5)6)43(56)49-22-16-20-31(49)41(54)50-23-17-21-32(50)45(58)60-39(29(7)8)44(57)51-33(34(59-12)25-35(51)52)24-30-18-14-13-15-19-30/h13-15,18-19,25-29,31-33,36-39H,16-17,20-24H2,1-12H3,(H,46,53)/t31?,32?,33-,36-,37-,38-,39?/m0/s1. The van der Waals surface area contributed by atoms with Crippen molar-refractivity contribution in [3.8, 4) is 0 Å². The van der Waals surface area contributed by atoms with Crippen LogP contribution in [0.2, 0.25) is 0 Å². The third-order valence-electron chi connectivity index (χ3n) is 11.9. The number of ether oxygens (including phenoxy) is 2. The van der Waals surface area contributed by atoms with E-state index in [2.05, 4.69) is 5.32 Å². The molecule has 1 aromatic rings. The maximum atomic E-state index is 14.5. The predicted molar refractivity (Wildman–Crippen MR) is 226 cm³/mol. The van der Waals surface area contributed by atoms with E-state index in [1.54, 1.807) is 20.9 Å². The van der Waals surface area contributed by atoms with E-state index in [0.29, 0.717) is 44.4 Å². The summed E-state index contributed by atoms with van der Waals surface area (Å²) in [5, 5.41) is 2.95. The average molecular weight is 837 g/mol. The van der Waals surface area contributed by atoms with Crippen molar-refractivity contribution in [1.29, 1.82) is 0 Å². The molecule has 0 spiro atoms. The molecule has 2 saturated heterocycles. The van der Waals surface area contributed by atoms with E-state index in [1.165, 1.54) is 27.9 Å². The van der Waals surface area contributed by atoms with Gasteiger partial charge < -0.3 is 29.5 Å². The number of amides is 6. The van der Waals surface area contributed by atoms with Crippen molar-refractivity contribution in [2.75, 3.05) is 41.3 Å². The zero-order chi connectivity index (χ0) is 44.7. The second-order valence-corrected chi connectivity index (χ2v) is 18.0.